The van der Waals surface area contributed by atoms with E-state index in [2.05, 4.69) is 5.32 Å². The van der Waals surface area contributed by atoms with E-state index in [9.17, 15) is 14.4 Å². The minimum atomic E-state index is -0.410. The van der Waals surface area contributed by atoms with Gasteiger partial charge in [-0.05, 0) is 31.2 Å². The Balaban J connectivity index is 2.06. The maximum atomic E-state index is 12.0. The molecule has 1 aromatic rings. The molecule has 1 aliphatic heterocycles. The number of carbonyl (C=O) groups excluding carboxylic acids is 3. The van der Waals surface area contributed by atoms with E-state index in [0.29, 0.717) is 24.5 Å². The normalized spacial score (nSPS) is 17.7. The van der Waals surface area contributed by atoms with Crippen molar-refractivity contribution in [2.75, 3.05) is 23.4 Å². The van der Waals surface area contributed by atoms with Gasteiger partial charge >= 0.3 is 5.97 Å². The molecule has 1 fully saturated rings. The van der Waals surface area contributed by atoms with Crippen LogP contribution < -0.4 is 10.2 Å². The number of carbonyl (C=O) groups is 3. The quantitative estimate of drug-likeness (QED) is 0.854. The van der Waals surface area contributed by atoms with E-state index in [-0.39, 0.29) is 24.2 Å². The molecule has 0 saturated carbocycles. The number of esters is 1. The number of nitrogens with zero attached hydrogens (tertiary/aromatic N) is 1. The Morgan fingerprint density at radius 2 is 2.00 bits per heavy atom. The van der Waals surface area contributed by atoms with Crippen molar-refractivity contribution < 1.29 is 19.1 Å². The third-order valence-corrected chi connectivity index (χ3v) is 3.24. The minimum Gasteiger partial charge on any atom is -0.466 e. The van der Waals surface area contributed by atoms with Gasteiger partial charge in [0.1, 0.15) is 0 Å². The van der Waals surface area contributed by atoms with Crippen molar-refractivity contribution >= 4 is 29.2 Å². The van der Waals surface area contributed by atoms with Gasteiger partial charge in [-0.3, -0.25) is 14.4 Å². The average Bonchev–Trinajstić information content (AvgIpc) is 2.81. The Hall–Kier alpha value is -2.37. The average molecular weight is 290 g/mol. The number of hydrogen-bond acceptors (Lipinski definition) is 4. The maximum Gasteiger partial charge on any atom is 0.311 e. The molecule has 2 rings (SSSR count). The molecule has 1 saturated heterocycles. The third kappa shape index (κ3) is 3.59. The largest absolute Gasteiger partial charge is 0.466 e. The van der Waals surface area contributed by atoms with E-state index in [0.717, 1.165) is 0 Å². The smallest absolute Gasteiger partial charge is 0.311 e. The lowest BCUT2D eigenvalue weighted by Gasteiger charge is -2.17. The van der Waals surface area contributed by atoms with Crippen LogP contribution in [0.2, 0.25) is 0 Å². The van der Waals surface area contributed by atoms with Crippen LogP contribution in [-0.2, 0) is 19.1 Å². The number of ether oxygens (including phenoxy) is 1. The van der Waals surface area contributed by atoms with Gasteiger partial charge in [-0.1, -0.05) is 0 Å². The molecule has 112 valence electrons. The number of rotatable bonds is 4. The summed E-state index contributed by atoms with van der Waals surface area (Å²) in [6.45, 7) is 3.82. The second-order valence-corrected chi connectivity index (χ2v) is 4.89. The molecule has 0 bridgehead atoms. The SMILES string of the molecule is CCOC(=O)[C@@H]1CC(=O)N(c2ccc(NC(C)=O)cc2)C1. The van der Waals surface area contributed by atoms with Crippen molar-refractivity contribution in [3.63, 3.8) is 0 Å². The van der Waals surface area contributed by atoms with Crippen LogP contribution in [-0.4, -0.2) is 30.9 Å². The van der Waals surface area contributed by atoms with Crippen LogP contribution in [0.3, 0.4) is 0 Å². The summed E-state index contributed by atoms with van der Waals surface area (Å²) < 4.78 is 4.96. The van der Waals surface area contributed by atoms with Crippen molar-refractivity contribution in [2.24, 2.45) is 5.92 Å². The molecule has 0 radical (unpaired) electrons. The summed E-state index contributed by atoms with van der Waals surface area (Å²) in [7, 11) is 0. The fraction of sp³-hybridized carbons (Fsp3) is 0.400. The number of nitrogens with one attached hydrogen (secondary N) is 1. The number of amides is 2. The van der Waals surface area contributed by atoms with E-state index in [1.54, 1.807) is 36.1 Å². The number of benzene rings is 1. The molecule has 21 heavy (non-hydrogen) atoms. The Morgan fingerprint density at radius 3 is 2.57 bits per heavy atom. The van der Waals surface area contributed by atoms with Crippen molar-refractivity contribution in [2.45, 2.75) is 20.3 Å². The molecule has 0 unspecified atom stereocenters. The Morgan fingerprint density at radius 1 is 1.33 bits per heavy atom. The summed E-state index contributed by atoms with van der Waals surface area (Å²) in [5.41, 5.74) is 1.38. The molecule has 6 nitrogen and oxygen atoms in total. The van der Waals surface area contributed by atoms with Gasteiger partial charge in [0.25, 0.3) is 0 Å². The summed E-state index contributed by atoms with van der Waals surface area (Å²) in [6.07, 6.45) is 0.173. The van der Waals surface area contributed by atoms with Crippen LogP contribution >= 0.6 is 0 Å². The standard InChI is InChI=1S/C15H18N2O4/c1-3-21-15(20)11-8-14(19)17(9-11)13-6-4-12(5-7-13)16-10(2)18/h4-7,11H,3,8-9H2,1-2H3,(H,16,18)/t11-/m1/s1. The minimum absolute atomic E-state index is 0.0969. The summed E-state index contributed by atoms with van der Waals surface area (Å²) >= 11 is 0. The lowest BCUT2D eigenvalue weighted by Crippen LogP contribution is -2.26. The number of anilines is 2. The fourth-order valence-corrected chi connectivity index (χ4v) is 2.30. The molecular weight excluding hydrogens is 272 g/mol. The third-order valence-electron chi connectivity index (χ3n) is 3.24. The molecule has 1 heterocycles. The van der Waals surface area contributed by atoms with Gasteiger partial charge < -0.3 is 15.0 Å². The van der Waals surface area contributed by atoms with Crippen molar-refractivity contribution in [1.82, 2.24) is 0 Å². The summed E-state index contributed by atoms with van der Waals surface area (Å²) in [6, 6.07) is 6.94. The van der Waals surface area contributed by atoms with Crippen LogP contribution in [0.1, 0.15) is 20.3 Å². The molecule has 0 aliphatic carbocycles. The van der Waals surface area contributed by atoms with Gasteiger partial charge in [0.15, 0.2) is 0 Å². The first kappa shape index (κ1) is 15.0. The van der Waals surface area contributed by atoms with Crippen LogP contribution in [0.15, 0.2) is 24.3 Å². The van der Waals surface area contributed by atoms with E-state index >= 15 is 0 Å². The van der Waals surface area contributed by atoms with Crippen molar-refractivity contribution in [1.29, 1.82) is 0 Å². The van der Waals surface area contributed by atoms with Gasteiger partial charge in [-0.2, -0.15) is 0 Å². The fourth-order valence-electron chi connectivity index (χ4n) is 2.30. The number of hydrogen-bond donors (Lipinski definition) is 1. The highest BCUT2D eigenvalue weighted by molar-refractivity contribution is 5.99. The van der Waals surface area contributed by atoms with Gasteiger partial charge in [-0.25, -0.2) is 0 Å². The Labute approximate surface area is 123 Å². The first-order valence-electron chi connectivity index (χ1n) is 6.86. The van der Waals surface area contributed by atoms with E-state index in [1.807, 2.05) is 0 Å². The zero-order chi connectivity index (χ0) is 15.4. The highest BCUT2D eigenvalue weighted by Gasteiger charge is 2.35. The monoisotopic (exact) mass is 290 g/mol. The van der Waals surface area contributed by atoms with E-state index in [1.165, 1.54) is 6.92 Å². The summed E-state index contributed by atoms with van der Waals surface area (Å²) in [5.74, 6) is -0.988. The topological polar surface area (TPSA) is 75.7 Å². The van der Waals surface area contributed by atoms with Crippen LogP contribution in [0.4, 0.5) is 11.4 Å². The van der Waals surface area contributed by atoms with Crippen LogP contribution in [0.25, 0.3) is 0 Å². The molecule has 1 atom stereocenters. The second kappa shape index (κ2) is 6.39. The highest BCUT2D eigenvalue weighted by atomic mass is 16.5. The molecule has 2 amide bonds. The van der Waals surface area contributed by atoms with Gasteiger partial charge in [0, 0.05) is 31.3 Å². The Bertz CT molecular complexity index is 553. The molecule has 1 aromatic carbocycles. The molecule has 0 aromatic heterocycles. The van der Waals surface area contributed by atoms with Crippen LogP contribution in [0.5, 0.6) is 0 Å². The molecule has 1 aliphatic rings. The molecular formula is C15H18N2O4. The second-order valence-electron chi connectivity index (χ2n) is 4.89. The summed E-state index contributed by atoms with van der Waals surface area (Å²) in [4.78, 5) is 36.2. The first-order valence-corrected chi connectivity index (χ1v) is 6.86. The van der Waals surface area contributed by atoms with Crippen molar-refractivity contribution in [3.8, 4) is 0 Å². The van der Waals surface area contributed by atoms with Gasteiger partial charge in [0.2, 0.25) is 11.8 Å². The van der Waals surface area contributed by atoms with E-state index in [4.69, 9.17) is 4.74 Å². The predicted molar refractivity (Wildman–Crippen MR) is 77.8 cm³/mol. The predicted octanol–water partition coefficient (Wildman–Crippen LogP) is 1.56. The molecule has 0 spiro atoms. The van der Waals surface area contributed by atoms with Gasteiger partial charge in [0.05, 0.1) is 12.5 Å². The lowest BCUT2D eigenvalue weighted by molar-refractivity contribution is -0.147. The highest BCUT2D eigenvalue weighted by Crippen LogP contribution is 2.26. The molecule has 1 N–H and O–H groups in total. The Kier molecular flexibility index (Phi) is 4.57. The lowest BCUT2D eigenvalue weighted by atomic mass is 10.1. The maximum absolute atomic E-state index is 12.0. The summed E-state index contributed by atoms with van der Waals surface area (Å²) in [5, 5.41) is 2.66. The van der Waals surface area contributed by atoms with E-state index < -0.39 is 5.92 Å². The van der Waals surface area contributed by atoms with Crippen LogP contribution in [0, 0.1) is 5.92 Å². The zero-order valence-corrected chi connectivity index (χ0v) is 12.1. The van der Waals surface area contributed by atoms with Crippen molar-refractivity contribution in [3.05, 3.63) is 24.3 Å². The molecule has 6 heteroatoms. The zero-order valence-electron chi connectivity index (χ0n) is 12.1. The van der Waals surface area contributed by atoms with Gasteiger partial charge in [-0.15, -0.1) is 0 Å². The first-order chi connectivity index (χ1) is 10.0.